The minimum atomic E-state index is -1.19. The number of fused-ring (bicyclic) bond motifs is 1. The zero-order valence-electron chi connectivity index (χ0n) is 11.4. The van der Waals surface area contributed by atoms with Gasteiger partial charge in [0, 0.05) is 0 Å². The Morgan fingerprint density at radius 1 is 1.33 bits per heavy atom. The summed E-state index contributed by atoms with van der Waals surface area (Å²) in [7, 11) is 0. The molecule has 0 amide bonds. The van der Waals surface area contributed by atoms with Gasteiger partial charge in [0.2, 0.25) is 5.95 Å². The molecule has 1 aliphatic rings. The van der Waals surface area contributed by atoms with Crippen LogP contribution in [0.3, 0.4) is 0 Å². The molecule has 2 aromatic rings. The Hall–Kier alpha value is -1.81. The van der Waals surface area contributed by atoms with E-state index in [0.717, 1.165) is 0 Å². The van der Waals surface area contributed by atoms with E-state index in [4.69, 9.17) is 15.6 Å². The Bertz CT molecular complexity index is 660. The summed E-state index contributed by atoms with van der Waals surface area (Å²) in [6.07, 6.45) is -2.02. The molecule has 0 aliphatic carbocycles. The van der Waals surface area contributed by atoms with Gasteiger partial charge in [-0.2, -0.15) is 4.98 Å². The molecule has 1 fully saturated rings. The number of nitrogen functional groups attached to an aromatic ring is 1. The predicted octanol–water partition coefficient (Wildman–Crippen LogP) is -1.42. The van der Waals surface area contributed by atoms with Gasteiger partial charge in [-0.1, -0.05) is 6.92 Å². The number of aryl methyl sites for hydroxylation is 1. The van der Waals surface area contributed by atoms with Crippen molar-refractivity contribution in [1.29, 1.82) is 0 Å². The van der Waals surface area contributed by atoms with Crippen LogP contribution in [-0.4, -0.2) is 59.8 Å². The third kappa shape index (κ3) is 2.14. The molecule has 0 radical (unpaired) electrons. The molecule has 3 heterocycles. The highest BCUT2D eigenvalue weighted by molar-refractivity contribution is 5.74. The summed E-state index contributed by atoms with van der Waals surface area (Å²) in [4.78, 5) is 12.5. The van der Waals surface area contributed by atoms with Crippen molar-refractivity contribution in [3.8, 4) is 0 Å². The average molecular weight is 295 g/mol. The zero-order chi connectivity index (χ0) is 15.1. The Balaban J connectivity index is 2.07. The molecular weight excluding hydrogens is 278 g/mol. The molecule has 21 heavy (non-hydrogen) atoms. The van der Waals surface area contributed by atoms with Crippen LogP contribution in [0.15, 0.2) is 6.33 Å². The van der Waals surface area contributed by atoms with E-state index in [-0.39, 0.29) is 5.95 Å². The van der Waals surface area contributed by atoms with Crippen LogP contribution < -0.4 is 5.73 Å². The third-order valence-electron chi connectivity index (χ3n) is 3.64. The number of aliphatic hydroxyl groups is 3. The van der Waals surface area contributed by atoms with Gasteiger partial charge in [-0.25, -0.2) is 9.97 Å². The van der Waals surface area contributed by atoms with Gasteiger partial charge in [-0.05, 0) is 6.42 Å². The van der Waals surface area contributed by atoms with Gasteiger partial charge in [-0.15, -0.1) is 0 Å². The summed E-state index contributed by atoms with van der Waals surface area (Å²) in [6.45, 7) is 1.53. The Kier molecular flexibility index (Phi) is 3.49. The highest BCUT2D eigenvalue weighted by Crippen LogP contribution is 2.31. The first-order valence-corrected chi connectivity index (χ1v) is 6.68. The Morgan fingerprint density at radius 2 is 2.10 bits per heavy atom. The Morgan fingerprint density at radius 3 is 2.71 bits per heavy atom. The van der Waals surface area contributed by atoms with E-state index in [1.54, 1.807) is 0 Å². The lowest BCUT2D eigenvalue weighted by molar-refractivity contribution is -0.0511. The number of aromatic nitrogens is 4. The molecule has 3 rings (SSSR count). The minimum absolute atomic E-state index is 0.104. The first kappa shape index (κ1) is 14.1. The summed E-state index contributed by atoms with van der Waals surface area (Å²) in [5.41, 5.74) is 7.38. The van der Waals surface area contributed by atoms with Crippen LogP contribution in [0, 0.1) is 0 Å². The van der Waals surface area contributed by atoms with Crippen molar-refractivity contribution in [1.82, 2.24) is 19.5 Å². The fraction of sp³-hybridized carbons (Fsp3) is 0.583. The fourth-order valence-corrected chi connectivity index (χ4v) is 2.54. The molecule has 0 spiro atoms. The number of anilines is 1. The number of hydrogen-bond acceptors (Lipinski definition) is 8. The van der Waals surface area contributed by atoms with Crippen molar-refractivity contribution in [2.75, 3.05) is 12.3 Å². The molecule has 0 saturated carbocycles. The van der Waals surface area contributed by atoms with Crippen LogP contribution >= 0.6 is 0 Å². The molecule has 114 valence electrons. The SMILES string of the molecule is CCc1nc(N)nc2c1ncn2[C@@H]1O[C@H](CO)[C@@H](O)[C@H]1O. The predicted molar refractivity (Wildman–Crippen MR) is 72.1 cm³/mol. The topological polar surface area (TPSA) is 140 Å². The van der Waals surface area contributed by atoms with Crippen molar-refractivity contribution in [2.24, 2.45) is 0 Å². The van der Waals surface area contributed by atoms with Crippen molar-refractivity contribution < 1.29 is 20.1 Å². The summed E-state index contributed by atoms with van der Waals surface area (Å²) in [5, 5.41) is 29.0. The van der Waals surface area contributed by atoms with Crippen LogP contribution in [0.1, 0.15) is 18.8 Å². The maximum Gasteiger partial charge on any atom is 0.222 e. The van der Waals surface area contributed by atoms with Crippen molar-refractivity contribution in [2.45, 2.75) is 37.9 Å². The normalized spacial score (nSPS) is 29.3. The lowest BCUT2D eigenvalue weighted by Gasteiger charge is -2.16. The van der Waals surface area contributed by atoms with Crippen molar-refractivity contribution in [3.05, 3.63) is 12.0 Å². The lowest BCUT2D eigenvalue weighted by atomic mass is 10.1. The van der Waals surface area contributed by atoms with E-state index in [9.17, 15) is 10.2 Å². The van der Waals surface area contributed by atoms with E-state index in [1.165, 1.54) is 10.9 Å². The van der Waals surface area contributed by atoms with E-state index in [2.05, 4.69) is 15.0 Å². The number of nitrogens with zero attached hydrogens (tertiary/aromatic N) is 4. The van der Waals surface area contributed by atoms with Crippen LogP contribution in [0.4, 0.5) is 5.95 Å². The second-order valence-electron chi connectivity index (χ2n) is 4.93. The van der Waals surface area contributed by atoms with Crippen LogP contribution in [0.5, 0.6) is 0 Å². The number of rotatable bonds is 3. The first-order valence-electron chi connectivity index (χ1n) is 6.68. The average Bonchev–Trinajstić information content (AvgIpc) is 3.01. The first-order chi connectivity index (χ1) is 10.1. The summed E-state index contributed by atoms with van der Waals surface area (Å²) >= 11 is 0. The van der Waals surface area contributed by atoms with Crippen LogP contribution in [-0.2, 0) is 11.2 Å². The van der Waals surface area contributed by atoms with Gasteiger partial charge in [-0.3, -0.25) is 4.57 Å². The van der Waals surface area contributed by atoms with Crippen LogP contribution in [0.25, 0.3) is 11.2 Å². The number of imidazole rings is 1. The van der Waals surface area contributed by atoms with Crippen molar-refractivity contribution >= 4 is 17.1 Å². The molecule has 0 unspecified atom stereocenters. The molecular formula is C12H17N5O4. The van der Waals surface area contributed by atoms with E-state index in [0.29, 0.717) is 23.3 Å². The van der Waals surface area contributed by atoms with E-state index >= 15 is 0 Å². The molecule has 1 saturated heterocycles. The highest BCUT2D eigenvalue weighted by Gasteiger charge is 2.44. The number of nitrogens with two attached hydrogens (primary N) is 1. The molecule has 0 aromatic carbocycles. The van der Waals surface area contributed by atoms with Crippen LogP contribution in [0.2, 0.25) is 0 Å². The molecule has 1 aliphatic heterocycles. The molecule has 9 nitrogen and oxygen atoms in total. The van der Waals surface area contributed by atoms with Crippen molar-refractivity contribution in [3.63, 3.8) is 0 Å². The summed E-state index contributed by atoms with van der Waals surface area (Å²) in [5.74, 6) is 0.104. The maximum atomic E-state index is 10.1. The molecule has 2 aromatic heterocycles. The van der Waals surface area contributed by atoms with E-state index < -0.39 is 31.1 Å². The maximum absolute atomic E-state index is 10.1. The van der Waals surface area contributed by atoms with Gasteiger partial charge in [0.25, 0.3) is 0 Å². The fourth-order valence-electron chi connectivity index (χ4n) is 2.54. The largest absolute Gasteiger partial charge is 0.394 e. The van der Waals surface area contributed by atoms with Gasteiger partial charge in [0.1, 0.15) is 23.8 Å². The smallest absolute Gasteiger partial charge is 0.222 e. The minimum Gasteiger partial charge on any atom is -0.394 e. The molecule has 9 heteroatoms. The second kappa shape index (κ2) is 5.19. The third-order valence-corrected chi connectivity index (χ3v) is 3.64. The van der Waals surface area contributed by atoms with E-state index in [1.807, 2.05) is 6.92 Å². The molecule has 0 bridgehead atoms. The zero-order valence-corrected chi connectivity index (χ0v) is 11.4. The second-order valence-corrected chi connectivity index (χ2v) is 4.93. The summed E-state index contributed by atoms with van der Waals surface area (Å²) in [6, 6.07) is 0. The van der Waals surface area contributed by atoms with Gasteiger partial charge in [0.15, 0.2) is 11.9 Å². The molecule has 4 atom stereocenters. The lowest BCUT2D eigenvalue weighted by Crippen LogP contribution is -2.33. The number of hydrogen-bond donors (Lipinski definition) is 4. The van der Waals surface area contributed by atoms with Gasteiger partial charge >= 0.3 is 0 Å². The Labute approximate surface area is 120 Å². The highest BCUT2D eigenvalue weighted by atomic mass is 16.6. The standard InChI is InChI=1S/C12H17N5O4/c1-2-5-7-10(16-12(13)15-5)17(4-14-7)11-9(20)8(19)6(3-18)21-11/h4,6,8-9,11,18-20H,2-3H2,1H3,(H2,13,15,16)/t6-,8-,9-,11-/m1/s1. The summed E-state index contributed by atoms with van der Waals surface area (Å²) < 4.78 is 6.97. The van der Waals surface area contributed by atoms with Gasteiger partial charge < -0.3 is 25.8 Å². The monoisotopic (exact) mass is 295 g/mol. The number of ether oxygens (including phenoxy) is 1. The molecule has 5 N–H and O–H groups in total. The number of aliphatic hydroxyl groups excluding tert-OH is 3. The van der Waals surface area contributed by atoms with Gasteiger partial charge in [0.05, 0.1) is 18.6 Å². The quantitative estimate of drug-likeness (QED) is 0.541.